The average Bonchev–Trinajstić information content (AvgIpc) is 3.50. The molecular formula is C39H53N3O7. The summed E-state index contributed by atoms with van der Waals surface area (Å²) < 4.78 is 25.6. The summed E-state index contributed by atoms with van der Waals surface area (Å²) in [7, 11) is 3.22. The second-order valence-electron chi connectivity index (χ2n) is 15.4. The van der Waals surface area contributed by atoms with Gasteiger partial charge in [-0.3, -0.25) is 4.79 Å². The first-order chi connectivity index (χ1) is 23.4. The number of amides is 1. The second-order valence-corrected chi connectivity index (χ2v) is 15.4. The molecule has 7 rings (SSSR count). The summed E-state index contributed by atoms with van der Waals surface area (Å²) in [6.07, 6.45) is 4.51. The van der Waals surface area contributed by atoms with E-state index < -0.39 is 17.4 Å². The van der Waals surface area contributed by atoms with Gasteiger partial charge in [-0.25, -0.2) is 4.68 Å². The lowest BCUT2D eigenvalue weighted by Gasteiger charge is -2.62. The fraction of sp³-hybridized carbons (Fsp3) is 0.590. The van der Waals surface area contributed by atoms with Gasteiger partial charge >= 0.3 is 0 Å². The number of hydrogen-bond acceptors (Lipinski definition) is 8. The molecule has 49 heavy (non-hydrogen) atoms. The minimum Gasteiger partial charge on any atom is -0.496 e. The molecule has 1 amide bonds. The van der Waals surface area contributed by atoms with Crippen LogP contribution in [0, 0.1) is 23.7 Å². The maximum absolute atomic E-state index is 14.6. The van der Waals surface area contributed by atoms with Gasteiger partial charge in [0.25, 0.3) is 5.91 Å². The van der Waals surface area contributed by atoms with Gasteiger partial charge in [0.05, 0.1) is 48.9 Å². The largest absolute Gasteiger partial charge is 0.496 e. The van der Waals surface area contributed by atoms with Crippen molar-refractivity contribution in [2.75, 3.05) is 27.4 Å². The van der Waals surface area contributed by atoms with Crippen LogP contribution in [0.3, 0.4) is 0 Å². The van der Waals surface area contributed by atoms with Crippen molar-refractivity contribution in [3.05, 3.63) is 53.7 Å². The number of methoxy groups -OCH3 is 2. The Hall–Kier alpha value is -3.60. The average molecular weight is 676 g/mol. The van der Waals surface area contributed by atoms with Crippen molar-refractivity contribution in [1.82, 2.24) is 15.1 Å². The third-order valence-corrected chi connectivity index (χ3v) is 10.7. The number of hydrogen-bond donors (Lipinski definition) is 3. The first-order valence-corrected chi connectivity index (χ1v) is 17.8. The number of aliphatic hydroxyl groups is 2. The molecule has 2 aromatic carbocycles. The molecule has 3 aromatic rings. The van der Waals surface area contributed by atoms with Crippen LogP contribution in [0.5, 0.6) is 17.2 Å². The maximum Gasteiger partial charge on any atom is 0.272 e. The van der Waals surface area contributed by atoms with E-state index in [1.165, 1.54) is 6.42 Å². The van der Waals surface area contributed by atoms with Crippen LogP contribution < -0.4 is 19.5 Å². The molecule has 4 bridgehead atoms. The van der Waals surface area contributed by atoms with Gasteiger partial charge in [0.2, 0.25) is 0 Å². The van der Waals surface area contributed by atoms with Crippen LogP contribution in [0.4, 0.5) is 0 Å². The Labute approximate surface area is 290 Å². The molecule has 0 spiro atoms. The van der Waals surface area contributed by atoms with Gasteiger partial charge in [0.1, 0.15) is 17.2 Å². The lowest BCUT2D eigenvalue weighted by molar-refractivity contribution is -0.251. The molecule has 1 heterocycles. The minimum absolute atomic E-state index is 0.0562. The smallest absolute Gasteiger partial charge is 0.272 e. The summed E-state index contributed by atoms with van der Waals surface area (Å²) in [4.78, 5) is 14.6. The lowest BCUT2D eigenvalue weighted by Crippen LogP contribution is -2.72. The summed E-state index contributed by atoms with van der Waals surface area (Å²) in [5.41, 5.74) is 1.75. The SMILES string of the molecule is COc1cccc(OC)c1-c1cc(C(=O)NC2(C(O)OC(C)(C)C)C3CC4CC(C3)CC2C4)nn1-c1ccc(OCCCO)cc1C(C)C. The molecule has 10 heteroatoms. The Morgan fingerprint density at radius 3 is 2.18 bits per heavy atom. The number of ether oxygens (including phenoxy) is 4. The predicted octanol–water partition coefficient (Wildman–Crippen LogP) is 6.50. The number of carbonyl (C=O) groups is 1. The van der Waals surface area contributed by atoms with E-state index in [0.717, 1.165) is 36.9 Å². The number of aliphatic hydroxyl groups excluding tert-OH is 2. The van der Waals surface area contributed by atoms with Gasteiger partial charge in [0.15, 0.2) is 12.0 Å². The van der Waals surface area contributed by atoms with E-state index in [1.807, 2.05) is 57.2 Å². The Morgan fingerprint density at radius 2 is 1.63 bits per heavy atom. The van der Waals surface area contributed by atoms with Gasteiger partial charge in [0, 0.05) is 13.0 Å². The Morgan fingerprint density at radius 1 is 1.00 bits per heavy atom. The van der Waals surface area contributed by atoms with E-state index in [9.17, 15) is 15.0 Å². The van der Waals surface area contributed by atoms with Crippen molar-refractivity contribution < 1.29 is 34.0 Å². The Kier molecular flexibility index (Phi) is 10.0. The van der Waals surface area contributed by atoms with Crippen molar-refractivity contribution in [3.8, 4) is 34.2 Å². The summed E-state index contributed by atoms with van der Waals surface area (Å²) >= 11 is 0. The van der Waals surface area contributed by atoms with E-state index in [2.05, 4.69) is 19.2 Å². The first kappa shape index (κ1) is 35.2. The lowest BCUT2D eigenvalue weighted by atomic mass is 9.48. The highest BCUT2D eigenvalue weighted by molar-refractivity contribution is 5.95. The summed E-state index contributed by atoms with van der Waals surface area (Å²) in [5.74, 6) is 3.08. The normalized spacial score (nSPS) is 25.0. The standard InChI is InChI=1S/C39H53N3O7/c1-23(2)29-21-28(48-15-9-14-43)12-13-31(29)42-32(35-33(46-6)10-8-11-34(35)47-7)22-30(41-42)36(44)40-39(37(45)49-38(3,4)5)26-17-24-16-25(19-26)20-27(39)18-24/h8,10-13,21-27,37,43,45H,9,14-20H2,1-7H3,(H,40,44). The zero-order valence-corrected chi connectivity index (χ0v) is 30.0. The van der Waals surface area contributed by atoms with Crippen molar-refractivity contribution in [3.63, 3.8) is 0 Å². The van der Waals surface area contributed by atoms with Crippen molar-refractivity contribution in [2.24, 2.45) is 23.7 Å². The van der Waals surface area contributed by atoms with Gasteiger partial charge in [-0.05, 0) is 124 Å². The first-order valence-electron chi connectivity index (χ1n) is 17.8. The topological polar surface area (TPSA) is 124 Å². The molecular weight excluding hydrogens is 622 g/mol. The predicted molar refractivity (Wildman–Crippen MR) is 187 cm³/mol. The van der Waals surface area contributed by atoms with Crippen LogP contribution in [-0.2, 0) is 4.74 Å². The number of nitrogens with zero attached hydrogens (tertiary/aromatic N) is 2. The number of benzene rings is 2. The van der Waals surface area contributed by atoms with Crippen LogP contribution >= 0.6 is 0 Å². The Bertz CT molecular complexity index is 1590. The van der Waals surface area contributed by atoms with Crippen LogP contribution in [0.25, 0.3) is 16.9 Å². The molecule has 1 aromatic heterocycles. The quantitative estimate of drug-likeness (QED) is 0.139. The zero-order valence-electron chi connectivity index (χ0n) is 30.0. The molecule has 4 aliphatic carbocycles. The third-order valence-electron chi connectivity index (χ3n) is 10.7. The van der Waals surface area contributed by atoms with Gasteiger partial charge in [-0.1, -0.05) is 19.9 Å². The molecule has 4 fully saturated rings. The molecule has 4 saturated carbocycles. The summed E-state index contributed by atoms with van der Waals surface area (Å²) in [5, 5.41) is 29.5. The fourth-order valence-corrected chi connectivity index (χ4v) is 8.82. The number of aromatic nitrogens is 2. The monoisotopic (exact) mass is 675 g/mol. The number of nitrogens with one attached hydrogen (secondary N) is 1. The van der Waals surface area contributed by atoms with E-state index in [1.54, 1.807) is 25.0 Å². The van der Waals surface area contributed by atoms with Crippen LogP contribution in [0.1, 0.15) is 95.1 Å². The summed E-state index contributed by atoms with van der Waals surface area (Å²) in [6.45, 7) is 10.5. The molecule has 1 atom stereocenters. The molecule has 0 radical (unpaired) electrons. The highest BCUT2D eigenvalue weighted by Gasteiger charge is 2.62. The molecule has 266 valence electrons. The fourth-order valence-electron chi connectivity index (χ4n) is 8.82. The highest BCUT2D eigenvalue weighted by atomic mass is 16.6. The Balaban J connectivity index is 1.47. The molecule has 3 N–H and O–H groups in total. The van der Waals surface area contributed by atoms with Gasteiger partial charge in [-0.2, -0.15) is 5.10 Å². The zero-order chi connectivity index (χ0) is 35.1. The van der Waals surface area contributed by atoms with Gasteiger partial charge in [-0.15, -0.1) is 0 Å². The number of carbonyl (C=O) groups excluding carboxylic acids is 1. The van der Waals surface area contributed by atoms with Crippen LogP contribution in [0.2, 0.25) is 0 Å². The molecule has 0 saturated heterocycles. The minimum atomic E-state index is -1.16. The summed E-state index contributed by atoms with van der Waals surface area (Å²) in [6, 6.07) is 13.2. The van der Waals surface area contributed by atoms with E-state index >= 15 is 0 Å². The van der Waals surface area contributed by atoms with Gasteiger partial charge < -0.3 is 34.5 Å². The molecule has 1 unspecified atom stereocenters. The van der Waals surface area contributed by atoms with E-state index in [-0.39, 0.29) is 36.0 Å². The maximum atomic E-state index is 14.6. The van der Waals surface area contributed by atoms with E-state index in [4.69, 9.17) is 24.0 Å². The van der Waals surface area contributed by atoms with Crippen molar-refractivity contribution in [2.45, 2.75) is 96.5 Å². The molecule has 0 aliphatic heterocycles. The van der Waals surface area contributed by atoms with Crippen LogP contribution in [0.15, 0.2) is 42.5 Å². The highest BCUT2D eigenvalue weighted by Crippen LogP contribution is 2.59. The number of rotatable bonds is 13. The third kappa shape index (κ3) is 6.79. The van der Waals surface area contributed by atoms with Crippen molar-refractivity contribution in [1.29, 1.82) is 0 Å². The second kappa shape index (κ2) is 14.0. The molecule has 10 nitrogen and oxygen atoms in total. The molecule has 4 aliphatic rings. The van der Waals surface area contributed by atoms with Crippen molar-refractivity contribution >= 4 is 5.91 Å². The van der Waals surface area contributed by atoms with E-state index in [0.29, 0.717) is 53.4 Å². The van der Waals surface area contributed by atoms with Crippen LogP contribution in [-0.4, -0.2) is 70.8 Å².